The van der Waals surface area contributed by atoms with Crippen LogP contribution in [0.4, 0.5) is 4.79 Å². The van der Waals surface area contributed by atoms with Crippen molar-refractivity contribution in [2.24, 2.45) is 0 Å². The van der Waals surface area contributed by atoms with Gasteiger partial charge in [-0.1, -0.05) is 0 Å². The summed E-state index contributed by atoms with van der Waals surface area (Å²) in [6, 6.07) is 1.96. The number of hydrogen-bond donors (Lipinski definition) is 1. The predicted octanol–water partition coefficient (Wildman–Crippen LogP) is 2.33. The minimum absolute atomic E-state index is 0.132. The number of carbonyl (C=O) groups excluding carboxylic acids is 1. The van der Waals surface area contributed by atoms with E-state index in [-0.39, 0.29) is 12.0 Å². The highest BCUT2D eigenvalue weighted by molar-refractivity contribution is 5.74. The first-order chi connectivity index (χ1) is 11.4. The summed E-state index contributed by atoms with van der Waals surface area (Å²) in [4.78, 5) is 21.4. The van der Waals surface area contributed by atoms with E-state index in [1.807, 2.05) is 37.4 Å². The number of aromatic nitrogens is 5. The second kappa shape index (κ2) is 5.19. The van der Waals surface area contributed by atoms with Gasteiger partial charge in [0, 0.05) is 25.2 Å². The molecule has 4 rings (SSSR count). The molecule has 0 spiro atoms. The number of fused-ring (bicyclic) bond motifs is 3. The Balaban J connectivity index is 1.63. The van der Waals surface area contributed by atoms with Gasteiger partial charge in [0.2, 0.25) is 0 Å². The Bertz CT molecular complexity index is 906. The maximum atomic E-state index is 12.3. The molecule has 0 radical (unpaired) electrons. The zero-order chi connectivity index (χ0) is 16.9. The molecule has 0 unspecified atom stereocenters. The molecule has 0 saturated carbocycles. The van der Waals surface area contributed by atoms with Crippen molar-refractivity contribution >= 4 is 22.9 Å². The normalized spacial score (nSPS) is 18.6. The van der Waals surface area contributed by atoms with E-state index in [0.29, 0.717) is 18.7 Å². The Morgan fingerprint density at radius 3 is 3.00 bits per heavy atom. The Morgan fingerprint density at radius 1 is 1.38 bits per heavy atom. The first-order valence-electron chi connectivity index (χ1n) is 8.07. The van der Waals surface area contributed by atoms with Crippen LogP contribution in [0.25, 0.3) is 16.8 Å². The number of hydrogen-bond acceptors (Lipinski definition) is 5. The molecule has 3 aromatic rings. The van der Waals surface area contributed by atoms with Crippen molar-refractivity contribution in [3.8, 4) is 0 Å². The number of nitrogens with zero attached hydrogens (tertiary/aromatic N) is 5. The van der Waals surface area contributed by atoms with E-state index in [4.69, 9.17) is 4.74 Å². The second-order valence-electron chi connectivity index (χ2n) is 7.13. The molecule has 4 heterocycles. The summed E-state index contributed by atoms with van der Waals surface area (Å²) in [6.45, 7) is 6.88. The van der Waals surface area contributed by atoms with E-state index < -0.39 is 5.60 Å². The Labute approximate surface area is 138 Å². The van der Waals surface area contributed by atoms with Crippen LogP contribution in [0.3, 0.4) is 0 Å². The molecule has 0 bridgehead atoms. The van der Waals surface area contributed by atoms with Gasteiger partial charge in [0.05, 0.1) is 11.7 Å². The Hall–Kier alpha value is -2.64. The fourth-order valence-corrected chi connectivity index (χ4v) is 3.13. The fourth-order valence-electron chi connectivity index (χ4n) is 3.13. The lowest BCUT2D eigenvalue weighted by Gasteiger charge is -2.24. The number of nitrogens with one attached hydrogen (secondary N) is 1. The smallest absolute Gasteiger partial charge is 0.410 e. The summed E-state index contributed by atoms with van der Waals surface area (Å²) in [6.07, 6.45) is 4.12. The SMILES string of the molecule is CC(C)(C)OC(=O)N1CC[C@H](c2nnc3cnc4[nH]ccc4n23)C1. The molecule has 1 aliphatic heterocycles. The average Bonchev–Trinajstić information content (AvgIpc) is 3.22. The van der Waals surface area contributed by atoms with Crippen molar-refractivity contribution in [2.45, 2.75) is 38.7 Å². The van der Waals surface area contributed by atoms with Crippen LogP contribution in [0.5, 0.6) is 0 Å². The van der Waals surface area contributed by atoms with E-state index in [0.717, 1.165) is 23.4 Å². The summed E-state index contributed by atoms with van der Waals surface area (Å²) in [5.74, 6) is 0.996. The zero-order valence-corrected chi connectivity index (χ0v) is 14.0. The molecule has 1 aliphatic rings. The van der Waals surface area contributed by atoms with Crippen molar-refractivity contribution < 1.29 is 9.53 Å². The van der Waals surface area contributed by atoms with Crippen LogP contribution in [0.1, 0.15) is 38.9 Å². The van der Waals surface area contributed by atoms with E-state index in [9.17, 15) is 4.79 Å². The second-order valence-corrected chi connectivity index (χ2v) is 7.13. The van der Waals surface area contributed by atoms with Gasteiger partial charge in [-0.25, -0.2) is 9.78 Å². The third-order valence-corrected chi connectivity index (χ3v) is 4.17. The molecule has 0 aliphatic carbocycles. The molecule has 1 fully saturated rings. The highest BCUT2D eigenvalue weighted by Gasteiger charge is 2.33. The molecule has 24 heavy (non-hydrogen) atoms. The largest absolute Gasteiger partial charge is 0.444 e. The lowest BCUT2D eigenvalue weighted by atomic mass is 10.1. The summed E-state index contributed by atoms with van der Waals surface area (Å²) in [7, 11) is 0. The standard InChI is InChI=1S/C16H20N6O2/c1-16(2,3)24-15(23)21-7-5-10(9-21)14-20-19-12-8-18-13-11(22(12)14)4-6-17-13/h4,6,8,10,17H,5,7,9H2,1-3H3/t10-/m0/s1. The number of likely N-dealkylation sites (tertiary alicyclic amines) is 1. The highest BCUT2D eigenvalue weighted by atomic mass is 16.6. The molecule has 1 saturated heterocycles. The number of amides is 1. The summed E-state index contributed by atoms with van der Waals surface area (Å²) < 4.78 is 7.48. The minimum atomic E-state index is -0.486. The van der Waals surface area contributed by atoms with Crippen LogP contribution in [-0.2, 0) is 4.74 Å². The van der Waals surface area contributed by atoms with Gasteiger partial charge in [-0.3, -0.25) is 4.40 Å². The van der Waals surface area contributed by atoms with E-state index in [1.54, 1.807) is 11.1 Å². The molecule has 8 heteroatoms. The maximum Gasteiger partial charge on any atom is 0.410 e. The van der Waals surface area contributed by atoms with Crippen molar-refractivity contribution in [1.82, 2.24) is 29.5 Å². The lowest BCUT2D eigenvalue weighted by molar-refractivity contribution is 0.0292. The highest BCUT2D eigenvalue weighted by Crippen LogP contribution is 2.28. The first-order valence-corrected chi connectivity index (χ1v) is 8.07. The van der Waals surface area contributed by atoms with Gasteiger partial charge < -0.3 is 14.6 Å². The Kier molecular flexibility index (Phi) is 3.22. The van der Waals surface area contributed by atoms with Gasteiger partial charge in [0.15, 0.2) is 11.3 Å². The summed E-state index contributed by atoms with van der Waals surface area (Å²) in [5, 5.41) is 8.58. The molecule has 126 valence electrons. The quantitative estimate of drug-likeness (QED) is 0.740. The van der Waals surface area contributed by atoms with Crippen molar-refractivity contribution in [2.75, 3.05) is 13.1 Å². The van der Waals surface area contributed by atoms with Crippen LogP contribution in [-0.4, -0.2) is 54.2 Å². The van der Waals surface area contributed by atoms with Gasteiger partial charge in [-0.2, -0.15) is 0 Å². The van der Waals surface area contributed by atoms with Crippen LogP contribution in [0, 0.1) is 0 Å². The number of H-pyrrole nitrogens is 1. The van der Waals surface area contributed by atoms with E-state index in [1.165, 1.54) is 0 Å². The molecule has 1 atom stereocenters. The Morgan fingerprint density at radius 2 is 2.21 bits per heavy atom. The molecule has 1 N–H and O–H groups in total. The van der Waals surface area contributed by atoms with Gasteiger partial charge in [-0.05, 0) is 33.3 Å². The topological polar surface area (TPSA) is 88.4 Å². The average molecular weight is 328 g/mol. The van der Waals surface area contributed by atoms with Gasteiger partial charge in [-0.15, -0.1) is 10.2 Å². The van der Waals surface area contributed by atoms with Crippen molar-refractivity contribution in [3.05, 3.63) is 24.3 Å². The molecule has 3 aromatic heterocycles. The number of rotatable bonds is 1. The van der Waals surface area contributed by atoms with E-state index in [2.05, 4.69) is 20.2 Å². The van der Waals surface area contributed by atoms with Crippen LogP contribution in [0.15, 0.2) is 18.5 Å². The molecular formula is C16H20N6O2. The van der Waals surface area contributed by atoms with Crippen LogP contribution < -0.4 is 0 Å². The number of aromatic amines is 1. The molecular weight excluding hydrogens is 308 g/mol. The zero-order valence-electron chi connectivity index (χ0n) is 14.0. The molecule has 0 aromatic carbocycles. The first kappa shape index (κ1) is 14.9. The molecule has 8 nitrogen and oxygen atoms in total. The number of carbonyl (C=O) groups is 1. The van der Waals surface area contributed by atoms with Gasteiger partial charge in [0.25, 0.3) is 0 Å². The maximum absolute atomic E-state index is 12.3. The monoisotopic (exact) mass is 328 g/mol. The fraction of sp³-hybridized carbons (Fsp3) is 0.500. The van der Waals surface area contributed by atoms with Gasteiger partial charge >= 0.3 is 6.09 Å². The van der Waals surface area contributed by atoms with Crippen LogP contribution in [0.2, 0.25) is 0 Å². The van der Waals surface area contributed by atoms with Gasteiger partial charge in [0.1, 0.15) is 11.4 Å². The third-order valence-electron chi connectivity index (χ3n) is 4.17. The summed E-state index contributed by atoms with van der Waals surface area (Å²) in [5.41, 5.74) is 1.97. The minimum Gasteiger partial charge on any atom is -0.444 e. The molecule has 1 amide bonds. The van der Waals surface area contributed by atoms with Crippen molar-refractivity contribution in [1.29, 1.82) is 0 Å². The predicted molar refractivity (Wildman–Crippen MR) is 87.8 cm³/mol. The van der Waals surface area contributed by atoms with Crippen LogP contribution >= 0.6 is 0 Å². The number of ether oxygens (including phenoxy) is 1. The lowest BCUT2D eigenvalue weighted by Crippen LogP contribution is -2.35. The summed E-state index contributed by atoms with van der Waals surface area (Å²) >= 11 is 0. The van der Waals surface area contributed by atoms with E-state index >= 15 is 0 Å². The van der Waals surface area contributed by atoms with Crippen molar-refractivity contribution in [3.63, 3.8) is 0 Å². The third kappa shape index (κ3) is 2.47.